The summed E-state index contributed by atoms with van der Waals surface area (Å²) in [4.78, 5) is 2.55. The second-order valence-electron chi connectivity index (χ2n) is 3.43. The van der Waals surface area contributed by atoms with Gasteiger partial charge in [-0.05, 0) is 23.2 Å². The lowest BCUT2D eigenvalue weighted by Crippen LogP contribution is -2.13. The molecule has 0 amide bonds. The van der Waals surface area contributed by atoms with Crippen LogP contribution in [0.4, 0.5) is 0 Å². The third-order valence-corrected chi connectivity index (χ3v) is 2.89. The van der Waals surface area contributed by atoms with E-state index in [1.165, 1.54) is 43.3 Å². The Labute approximate surface area is 83.7 Å². The minimum absolute atomic E-state index is 0.986. The molecule has 0 aromatic carbocycles. The van der Waals surface area contributed by atoms with Crippen LogP contribution in [0.15, 0.2) is 0 Å². The van der Waals surface area contributed by atoms with Crippen LogP contribution in [0.1, 0.15) is 26.2 Å². The molecule has 0 bridgehead atoms. The standard InChI is InChI=1S/C9H18IN/c1-2-3-9(4-5-10)8-11-6-7-11/h9H,2-8H2,1H3. The maximum atomic E-state index is 2.55. The van der Waals surface area contributed by atoms with Crippen molar-refractivity contribution in [2.45, 2.75) is 26.2 Å². The average Bonchev–Trinajstić information content (AvgIpc) is 2.73. The highest BCUT2D eigenvalue weighted by Gasteiger charge is 2.20. The molecule has 0 radical (unpaired) electrons. The number of hydrogen-bond acceptors (Lipinski definition) is 1. The summed E-state index contributed by atoms with van der Waals surface area (Å²) in [6, 6.07) is 0. The van der Waals surface area contributed by atoms with Crippen molar-refractivity contribution in [1.29, 1.82) is 0 Å². The van der Waals surface area contributed by atoms with E-state index in [0.29, 0.717) is 0 Å². The number of rotatable bonds is 6. The van der Waals surface area contributed by atoms with E-state index in [1.807, 2.05) is 0 Å². The van der Waals surface area contributed by atoms with E-state index in [4.69, 9.17) is 0 Å². The number of nitrogens with zero attached hydrogens (tertiary/aromatic N) is 1. The predicted octanol–water partition coefficient (Wildman–Crippen LogP) is 2.54. The van der Waals surface area contributed by atoms with Crippen molar-refractivity contribution in [3.63, 3.8) is 0 Å². The molecule has 0 aliphatic carbocycles. The first-order valence-electron chi connectivity index (χ1n) is 4.65. The fourth-order valence-electron chi connectivity index (χ4n) is 1.51. The topological polar surface area (TPSA) is 3.01 Å². The molecular formula is C9H18IN. The highest BCUT2D eigenvalue weighted by molar-refractivity contribution is 14.1. The van der Waals surface area contributed by atoms with Gasteiger partial charge in [0, 0.05) is 19.6 Å². The lowest BCUT2D eigenvalue weighted by atomic mass is 10.0. The molecule has 0 aromatic heterocycles. The van der Waals surface area contributed by atoms with Crippen molar-refractivity contribution < 1.29 is 0 Å². The molecule has 66 valence electrons. The smallest absolute Gasteiger partial charge is 0.0110 e. The van der Waals surface area contributed by atoms with Gasteiger partial charge in [0.15, 0.2) is 0 Å². The molecule has 1 nitrogen and oxygen atoms in total. The number of halogens is 1. The number of alkyl halides is 1. The van der Waals surface area contributed by atoms with E-state index in [2.05, 4.69) is 34.4 Å². The highest BCUT2D eigenvalue weighted by atomic mass is 127. The molecule has 1 aliphatic rings. The summed E-state index contributed by atoms with van der Waals surface area (Å²) in [7, 11) is 0. The summed E-state index contributed by atoms with van der Waals surface area (Å²) in [6.45, 7) is 6.39. The predicted molar refractivity (Wildman–Crippen MR) is 58.3 cm³/mol. The molecule has 1 unspecified atom stereocenters. The third kappa shape index (κ3) is 4.31. The third-order valence-electron chi connectivity index (χ3n) is 2.27. The maximum absolute atomic E-state index is 2.55. The largest absolute Gasteiger partial charge is 0.301 e. The SMILES string of the molecule is CCCC(CCI)CN1CC1. The highest BCUT2D eigenvalue weighted by Crippen LogP contribution is 2.17. The van der Waals surface area contributed by atoms with Gasteiger partial charge in [-0.15, -0.1) is 0 Å². The normalized spacial score (nSPS) is 20.2. The Kier molecular flexibility index (Phi) is 4.76. The monoisotopic (exact) mass is 267 g/mol. The molecule has 0 N–H and O–H groups in total. The second kappa shape index (κ2) is 5.36. The van der Waals surface area contributed by atoms with Crippen LogP contribution in [-0.2, 0) is 0 Å². The Morgan fingerprint density at radius 2 is 2.09 bits per heavy atom. The first-order chi connectivity index (χ1) is 5.36. The molecule has 1 fully saturated rings. The van der Waals surface area contributed by atoms with E-state index in [0.717, 1.165) is 5.92 Å². The van der Waals surface area contributed by atoms with Crippen molar-refractivity contribution in [2.75, 3.05) is 24.1 Å². The zero-order valence-electron chi connectivity index (χ0n) is 7.35. The Morgan fingerprint density at radius 1 is 1.36 bits per heavy atom. The van der Waals surface area contributed by atoms with Gasteiger partial charge < -0.3 is 4.90 Å². The molecule has 1 heterocycles. The van der Waals surface area contributed by atoms with Crippen LogP contribution in [-0.4, -0.2) is 29.0 Å². The van der Waals surface area contributed by atoms with Gasteiger partial charge in [-0.3, -0.25) is 0 Å². The maximum Gasteiger partial charge on any atom is 0.0110 e. The van der Waals surface area contributed by atoms with Gasteiger partial charge in [0.25, 0.3) is 0 Å². The lowest BCUT2D eigenvalue weighted by molar-refractivity contribution is 0.376. The van der Waals surface area contributed by atoms with Crippen LogP contribution in [0.2, 0.25) is 0 Å². The molecular weight excluding hydrogens is 249 g/mol. The van der Waals surface area contributed by atoms with Crippen LogP contribution >= 0.6 is 22.6 Å². The van der Waals surface area contributed by atoms with Gasteiger partial charge in [0.05, 0.1) is 0 Å². The van der Waals surface area contributed by atoms with E-state index in [1.54, 1.807) is 0 Å². The van der Waals surface area contributed by atoms with Crippen LogP contribution in [0.25, 0.3) is 0 Å². The van der Waals surface area contributed by atoms with E-state index >= 15 is 0 Å². The summed E-state index contributed by atoms with van der Waals surface area (Å²) in [5, 5.41) is 0. The van der Waals surface area contributed by atoms with Crippen molar-refractivity contribution >= 4 is 22.6 Å². The van der Waals surface area contributed by atoms with E-state index < -0.39 is 0 Å². The van der Waals surface area contributed by atoms with Crippen molar-refractivity contribution in [2.24, 2.45) is 5.92 Å². The van der Waals surface area contributed by atoms with Crippen molar-refractivity contribution in [3.05, 3.63) is 0 Å². The van der Waals surface area contributed by atoms with Crippen LogP contribution in [0, 0.1) is 5.92 Å². The summed E-state index contributed by atoms with van der Waals surface area (Å²) < 4.78 is 1.33. The van der Waals surface area contributed by atoms with Crippen molar-refractivity contribution in [1.82, 2.24) is 4.90 Å². The average molecular weight is 267 g/mol. The molecule has 2 heteroatoms. The Bertz CT molecular complexity index is 95.7. The van der Waals surface area contributed by atoms with Crippen LogP contribution in [0.3, 0.4) is 0 Å². The fourth-order valence-corrected chi connectivity index (χ4v) is 2.39. The molecule has 1 aliphatic heterocycles. The van der Waals surface area contributed by atoms with Gasteiger partial charge in [-0.25, -0.2) is 0 Å². The van der Waals surface area contributed by atoms with Crippen molar-refractivity contribution in [3.8, 4) is 0 Å². The van der Waals surface area contributed by atoms with Gasteiger partial charge in [0.1, 0.15) is 0 Å². The van der Waals surface area contributed by atoms with Gasteiger partial charge in [-0.2, -0.15) is 0 Å². The van der Waals surface area contributed by atoms with Gasteiger partial charge >= 0.3 is 0 Å². The summed E-state index contributed by atoms with van der Waals surface area (Å²) in [6.07, 6.45) is 4.21. The molecule has 11 heavy (non-hydrogen) atoms. The molecule has 1 atom stereocenters. The summed E-state index contributed by atoms with van der Waals surface area (Å²) in [5.74, 6) is 0.986. The Morgan fingerprint density at radius 3 is 2.55 bits per heavy atom. The quantitative estimate of drug-likeness (QED) is 0.406. The first kappa shape index (κ1) is 9.78. The van der Waals surface area contributed by atoms with Crippen LogP contribution < -0.4 is 0 Å². The summed E-state index contributed by atoms with van der Waals surface area (Å²) in [5.41, 5.74) is 0. The number of hydrogen-bond donors (Lipinski definition) is 0. The first-order valence-corrected chi connectivity index (χ1v) is 6.17. The fraction of sp³-hybridized carbons (Fsp3) is 1.00. The second-order valence-corrected chi connectivity index (χ2v) is 4.51. The molecule has 1 rings (SSSR count). The van der Waals surface area contributed by atoms with Crippen LogP contribution in [0.5, 0.6) is 0 Å². The minimum Gasteiger partial charge on any atom is -0.301 e. The molecule has 0 aromatic rings. The Balaban J connectivity index is 2.08. The van der Waals surface area contributed by atoms with Gasteiger partial charge in [0.2, 0.25) is 0 Å². The van der Waals surface area contributed by atoms with E-state index in [-0.39, 0.29) is 0 Å². The molecule has 0 spiro atoms. The Hall–Kier alpha value is 0.690. The zero-order valence-corrected chi connectivity index (χ0v) is 9.51. The molecule has 1 saturated heterocycles. The van der Waals surface area contributed by atoms with Gasteiger partial charge in [-0.1, -0.05) is 35.9 Å². The van der Waals surface area contributed by atoms with E-state index in [9.17, 15) is 0 Å². The molecule has 0 saturated carbocycles. The lowest BCUT2D eigenvalue weighted by Gasteiger charge is -2.14. The minimum atomic E-state index is 0.986. The summed E-state index contributed by atoms with van der Waals surface area (Å²) >= 11 is 2.49. The zero-order chi connectivity index (χ0) is 8.10.